The third-order valence-electron chi connectivity index (χ3n) is 4.66. The number of hydrogen-bond donors (Lipinski definition) is 0. The van der Waals surface area contributed by atoms with Gasteiger partial charge in [0.2, 0.25) is 5.91 Å². The molecule has 2 aromatic rings. The topological polar surface area (TPSA) is 36.4 Å². The van der Waals surface area contributed by atoms with Crippen LogP contribution >= 0.6 is 22.9 Å². The van der Waals surface area contributed by atoms with Crippen molar-refractivity contribution in [2.45, 2.75) is 32.6 Å². The summed E-state index contributed by atoms with van der Waals surface area (Å²) in [5, 5.41) is 1.49. The summed E-state index contributed by atoms with van der Waals surface area (Å²) in [5.41, 5.74) is 2.01. The summed E-state index contributed by atoms with van der Waals surface area (Å²) in [6.45, 7) is 3.52. The fourth-order valence-corrected chi connectivity index (χ4v) is 4.55. The van der Waals surface area contributed by atoms with Crippen LogP contribution in [0.25, 0.3) is 10.2 Å². The zero-order chi connectivity index (χ0) is 17.3. The number of carbonyl (C=O) groups excluding carboxylic acids is 1. The van der Waals surface area contributed by atoms with Crippen LogP contribution in [0.15, 0.2) is 12.1 Å². The lowest BCUT2D eigenvalue weighted by atomic mass is 10.1. The zero-order valence-corrected chi connectivity index (χ0v) is 16.1. The molecule has 0 bridgehead atoms. The van der Waals surface area contributed by atoms with E-state index in [1.165, 1.54) is 11.3 Å². The summed E-state index contributed by atoms with van der Waals surface area (Å²) in [6, 6.07) is 3.89. The van der Waals surface area contributed by atoms with Crippen molar-refractivity contribution in [1.29, 1.82) is 0 Å². The van der Waals surface area contributed by atoms with Crippen molar-refractivity contribution >= 4 is 44.2 Å². The average molecular weight is 366 g/mol. The lowest BCUT2D eigenvalue weighted by molar-refractivity contribution is -0.122. The minimum Gasteiger partial charge on any atom is -0.308 e. The summed E-state index contributed by atoms with van der Waals surface area (Å²) < 4.78 is 0.973. The molecule has 0 spiro atoms. The Hall–Kier alpha value is -1.17. The number of carbonyl (C=O) groups is 1. The number of nitrogens with zero attached hydrogens (tertiary/aromatic N) is 3. The number of benzene rings is 1. The van der Waals surface area contributed by atoms with Crippen molar-refractivity contribution < 1.29 is 4.79 Å². The molecule has 1 aromatic carbocycles. The normalized spacial score (nSPS) is 15.5. The Kier molecular flexibility index (Phi) is 5.42. The lowest BCUT2D eigenvalue weighted by Crippen LogP contribution is -2.39. The van der Waals surface area contributed by atoms with Crippen LogP contribution in [0.3, 0.4) is 0 Å². The summed E-state index contributed by atoms with van der Waals surface area (Å²) in [6.07, 6.45) is 4.31. The Bertz CT molecular complexity index is 698. The number of rotatable bonds is 5. The highest BCUT2D eigenvalue weighted by Gasteiger charge is 2.30. The van der Waals surface area contributed by atoms with Gasteiger partial charge in [-0.3, -0.25) is 9.69 Å². The molecule has 130 valence electrons. The van der Waals surface area contributed by atoms with Gasteiger partial charge in [0.05, 0.1) is 15.2 Å². The first-order chi connectivity index (χ1) is 11.5. The molecule has 0 saturated heterocycles. The van der Waals surface area contributed by atoms with Gasteiger partial charge < -0.3 is 4.90 Å². The molecule has 1 aromatic heterocycles. The second kappa shape index (κ2) is 7.38. The summed E-state index contributed by atoms with van der Waals surface area (Å²) in [7, 11) is 4.05. The molecule has 1 fully saturated rings. The molecule has 0 N–H and O–H groups in total. The molecule has 1 aliphatic rings. The highest BCUT2D eigenvalue weighted by molar-refractivity contribution is 7.23. The van der Waals surface area contributed by atoms with E-state index >= 15 is 0 Å². The molecule has 0 atom stereocenters. The van der Waals surface area contributed by atoms with Gasteiger partial charge in [0.1, 0.15) is 0 Å². The summed E-state index contributed by atoms with van der Waals surface area (Å²) in [5.74, 6) is 0.373. The molecule has 1 saturated carbocycles. The van der Waals surface area contributed by atoms with Crippen LogP contribution in [-0.4, -0.2) is 43.0 Å². The number of anilines is 1. The predicted octanol–water partition coefficient (Wildman–Crippen LogP) is 4.34. The first-order valence-corrected chi connectivity index (χ1v) is 9.68. The van der Waals surface area contributed by atoms with E-state index in [1.54, 1.807) is 0 Å². The summed E-state index contributed by atoms with van der Waals surface area (Å²) >= 11 is 7.87. The van der Waals surface area contributed by atoms with Crippen molar-refractivity contribution in [3.8, 4) is 0 Å². The molecule has 3 rings (SSSR count). The Balaban J connectivity index is 1.96. The van der Waals surface area contributed by atoms with E-state index < -0.39 is 0 Å². The molecule has 0 aliphatic heterocycles. The van der Waals surface area contributed by atoms with Gasteiger partial charge in [-0.25, -0.2) is 4.98 Å². The van der Waals surface area contributed by atoms with Crippen LogP contribution in [0.5, 0.6) is 0 Å². The maximum atomic E-state index is 13.0. The minimum atomic E-state index is 0.149. The molecule has 24 heavy (non-hydrogen) atoms. The standard InChI is InChI=1S/C18H24ClN3OS/c1-12-8-9-14(19)16-15(12)20-18(24-16)22(11-10-21(2)3)17(23)13-6-4-5-7-13/h8-9,13H,4-7,10-11H2,1-3H3. The third kappa shape index (κ3) is 3.58. The molecule has 6 heteroatoms. The summed E-state index contributed by atoms with van der Waals surface area (Å²) in [4.78, 5) is 21.8. The number of halogens is 1. The maximum absolute atomic E-state index is 13.0. The molecular weight excluding hydrogens is 342 g/mol. The van der Waals surface area contributed by atoms with E-state index in [-0.39, 0.29) is 11.8 Å². The highest BCUT2D eigenvalue weighted by atomic mass is 35.5. The van der Waals surface area contributed by atoms with E-state index in [0.29, 0.717) is 11.6 Å². The second-order valence-electron chi connectivity index (χ2n) is 6.81. The Morgan fingerprint density at radius 1 is 1.29 bits per heavy atom. The SMILES string of the molecule is Cc1ccc(Cl)c2sc(N(CCN(C)C)C(=O)C3CCCC3)nc12. The number of amides is 1. The molecule has 4 nitrogen and oxygen atoms in total. The van der Waals surface area contributed by atoms with E-state index in [9.17, 15) is 4.79 Å². The van der Waals surface area contributed by atoms with Gasteiger partial charge in [-0.1, -0.05) is 41.8 Å². The second-order valence-corrected chi connectivity index (χ2v) is 8.20. The Morgan fingerprint density at radius 2 is 2.00 bits per heavy atom. The molecular formula is C18H24ClN3OS. The quantitative estimate of drug-likeness (QED) is 0.790. The maximum Gasteiger partial charge on any atom is 0.231 e. The third-order valence-corrected chi connectivity index (χ3v) is 6.20. The number of aromatic nitrogens is 1. The fourth-order valence-electron chi connectivity index (χ4n) is 3.20. The Labute approximate surface area is 152 Å². The average Bonchev–Trinajstić information content (AvgIpc) is 3.20. The predicted molar refractivity (Wildman–Crippen MR) is 102 cm³/mol. The Morgan fingerprint density at radius 3 is 2.62 bits per heavy atom. The molecule has 0 radical (unpaired) electrons. The number of hydrogen-bond acceptors (Lipinski definition) is 4. The zero-order valence-electron chi connectivity index (χ0n) is 14.5. The van der Waals surface area contributed by atoms with E-state index in [1.807, 2.05) is 38.1 Å². The smallest absolute Gasteiger partial charge is 0.231 e. The number of thiazole rings is 1. The highest BCUT2D eigenvalue weighted by Crippen LogP contribution is 2.37. The molecule has 0 unspecified atom stereocenters. The molecule has 1 aliphatic carbocycles. The van der Waals surface area contributed by atoms with Crippen LogP contribution in [0, 0.1) is 12.8 Å². The number of aryl methyl sites for hydroxylation is 1. The van der Waals surface area contributed by atoms with Gasteiger partial charge in [-0.2, -0.15) is 0 Å². The minimum absolute atomic E-state index is 0.149. The van der Waals surface area contributed by atoms with E-state index in [4.69, 9.17) is 16.6 Å². The van der Waals surface area contributed by atoms with E-state index in [2.05, 4.69) is 4.90 Å². The van der Waals surface area contributed by atoms with Crippen LogP contribution in [0.2, 0.25) is 5.02 Å². The van der Waals surface area contributed by atoms with Crippen molar-refractivity contribution in [1.82, 2.24) is 9.88 Å². The van der Waals surface area contributed by atoms with Crippen LogP contribution in [-0.2, 0) is 4.79 Å². The largest absolute Gasteiger partial charge is 0.308 e. The van der Waals surface area contributed by atoms with Gasteiger partial charge >= 0.3 is 0 Å². The van der Waals surface area contributed by atoms with Crippen LogP contribution in [0.4, 0.5) is 5.13 Å². The van der Waals surface area contributed by atoms with Crippen LogP contribution in [0.1, 0.15) is 31.2 Å². The van der Waals surface area contributed by atoms with Gasteiger partial charge in [-0.15, -0.1) is 0 Å². The van der Waals surface area contributed by atoms with Gasteiger partial charge in [0.25, 0.3) is 0 Å². The molecule has 1 amide bonds. The molecule has 1 heterocycles. The first kappa shape index (κ1) is 17.6. The number of fused-ring (bicyclic) bond motifs is 1. The van der Waals surface area contributed by atoms with Gasteiger partial charge in [-0.05, 0) is 45.5 Å². The van der Waals surface area contributed by atoms with Crippen molar-refractivity contribution in [2.75, 3.05) is 32.1 Å². The lowest BCUT2D eigenvalue weighted by Gasteiger charge is -2.24. The fraction of sp³-hybridized carbons (Fsp3) is 0.556. The van der Waals surface area contributed by atoms with Gasteiger partial charge in [0.15, 0.2) is 5.13 Å². The monoisotopic (exact) mass is 365 g/mol. The van der Waals surface area contributed by atoms with Crippen LogP contribution < -0.4 is 4.90 Å². The van der Waals surface area contributed by atoms with Gasteiger partial charge in [0, 0.05) is 19.0 Å². The number of likely N-dealkylation sites (N-methyl/N-ethyl adjacent to an activating group) is 1. The van der Waals surface area contributed by atoms with E-state index in [0.717, 1.165) is 53.1 Å². The van der Waals surface area contributed by atoms with Crippen molar-refractivity contribution in [2.24, 2.45) is 5.92 Å². The first-order valence-electron chi connectivity index (χ1n) is 8.49. The van der Waals surface area contributed by atoms with Crippen molar-refractivity contribution in [3.63, 3.8) is 0 Å². The van der Waals surface area contributed by atoms with Crippen molar-refractivity contribution in [3.05, 3.63) is 22.7 Å².